The first kappa shape index (κ1) is 22.6. The van der Waals surface area contributed by atoms with E-state index in [1.807, 2.05) is 6.07 Å². The van der Waals surface area contributed by atoms with Crippen LogP contribution in [0.5, 0.6) is 0 Å². The van der Waals surface area contributed by atoms with Gasteiger partial charge in [0.05, 0.1) is 4.90 Å². The molecule has 3 nitrogen and oxygen atoms in total. The minimum absolute atomic E-state index is 0.0656. The minimum Gasteiger partial charge on any atom is -0.744 e. The van der Waals surface area contributed by atoms with Gasteiger partial charge in [0.1, 0.15) is 10.1 Å². The Kier molecular flexibility index (Phi) is 6.24. The van der Waals surface area contributed by atoms with Crippen molar-refractivity contribution in [3.63, 3.8) is 0 Å². The van der Waals surface area contributed by atoms with Gasteiger partial charge in [-0.1, -0.05) is 83.7 Å². The summed E-state index contributed by atoms with van der Waals surface area (Å²) in [6.45, 7) is 2.30. The molecule has 0 N–H and O–H groups in total. The number of rotatable bonds is 5. The van der Waals surface area contributed by atoms with Crippen molar-refractivity contribution in [2.75, 3.05) is 0 Å². The third kappa shape index (κ3) is 3.67. The fraction of sp³-hybridized carbons (Fsp3) is 0.556. The highest BCUT2D eigenvalue weighted by molar-refractivity contribution is 7.85. The van der Waals surface area contributed by atoms with Gasteiger partial charge < -0.3 is 4.55 Å². The van der Waals surface area contributed by atoms with Gasteiger partial charge in [0, 0.05) is 5.16 Å². The van der Waals surface area contributed by atoms with Gasteiger partial charge in [0.2, 0.25) is 0 Å². The molecule has 0 radical (unpaired) electrons. The standard InChI is InChI=1S/C27H35O3PS/c1-2-27(31(20-11-5-3-6-12-20)21-13-7-4-8-14-21)25-16-10-9-15-23(25)24-18-17-22(19-26(24)27)32(28,29)30/h9-10,15-21H,2-8,11-14H2,1H3,(H,28,29,30)/p-1. The maximum absolute atomic E-state index is 12.0. The van der Waals surface area contributed by atoms with Crippen molar-refractivity contribution in [2.24, 2.45) is 0 Å². The van der Waals surface area contributed by atoms with Crippen molar-refractivity contribution in [1.29, 1.82) is 0 Å². The molecule has 2 aromatic rings. The molecule has 0 aromatic heterocycles. The van der Waals surface area contributed by atoms with Crippen LogP contribution >= 0.6 is 7.92 Å². The summed E-state index contributed by atoms with van der Waals surface area (Å²) in [5, 5.41) is -0.147. The largest absolute Gasteiger partial charge is 0.744 e. The molecule has 2 fully saturated rings. The predicted molar refractivity (Wildman–Crippen MR) is 132 cm³/mol. The van der Waals surface area contributed by atoms with Gasteiger partial charge in [-0.15, -0.1) is 0 Å². The van der Waals surface area contributed by atoms with E-state index in [1.165, 1.54) is 81.4 Å². The van der Waals surface area contributed by atoms with Crippen LogP contribution in [0.1, 0.15) is 88.7 Å². The molecule has 0 heterocycles. The average molecular weight is 470 g/mol. The minimum atomic E-state index is -4.49. The fourth-order valence-electron chi connectivity index (χ4n) is 6.96. The lowest BCUT2D eigenvalue weighted by molar-refractivity contribution is 0.462. The van der Waals surface area contributed by atoms with E-state index in [0.29, 0.717) is 0 Å². The Hall–Kier alpha value is -1.22. The molecule has 2 saturated carbocycles. The molecule has 0 bridgehead atoms. The molecule has 0 spiro atoms. The predicted octanol–water partition coefficient (Wildman–Crippen LogP) is 7.37. The van der Waals surface area contributed by atoms with Crippen LogP contribution in [-0.4, -0.2) is 24.3 Å². The van der Waals surface area contributed by atoms with Crippen LogP contribution in [0, 0.1) is 0 Å². The van der Waals surface area contributed by atoms with E-state index in [1.54, 1.807) is 6.07 Å². The lowest BCUT2D eigenvalue weighted by Gasteiger charge is -2.50. The molecule has 32 heavy (non-hydrogen) atoms. The van der Waals surface area contributed by atoms with Crippen LogP contribution in [0.3, 0.4) is 0 Å². The molecule has 1 unspecified atom stereocenters. The fourth-order valence-corrected chi connectivity index (χ4v) is 12.4. The van der Waals surface area contributed by atoms with E-state index in [4.69, 9.17) is 0 Å². The summed E-state index contributed by atoms with van der Waals surface area (Å²) in [4.78, 5) is -0.0656. The molecular weight excluding hydrogens is 435 g/mol. The molecule has 5 heteroatoms. The quantitative estimate of drug-likeness (QED) is 0.339. The third-order valence-electron chi connectivity index (χ3n) is 8.28. The molecule has 0 amide bonds. The summed E-state index contributed by atoms with van der Waals surface area (Å²) in [5.74, 6) is 0. The zero-order valence-electron chi connectivity index (χ0n) is 19.1. The summed E-state index contributed by atoms with van der Waals surface area (Å²) in [5.41, 5.74) is 6.37. The molecule has 2 aromatic carbocycles. The summed E-state index contributed by atoms with van der Waals surface area (Å²) in [6.07, 6.45) is 14.2. The van der Waals surface area contributed by atoms with Gasteiger partial charge in [0.25, 0.3) is 0 Å². The van der Waals surface area contributed by atoms with E-state index in [9.17, 15) is 13.0 Å². The maximum Gasteiger partial charge on any atom is 0.124 e. The Morgan fingerprint density at radius 1 is 0.844 bits per heavy atom. The molecule has 1 atom stereocenters. The van der Waals surface area contributed by atoms with Gasteiger partial charge >= 0.3 is 0 Å². The first-order valence-corrected chi connectivity index (χ1v) is 15.3. The SMILES string of the molecule is CCC1(P(C2CCCCC2)C2CCCCC2)c2ccccc2-c2ccc(S(=O)(=O)[O-])cc21. The number of benzene rings is 2. The number of hydrogen-bond acceptors (Lipinski definition) is 3. The lowest BCUT2D eigenvalue weighted by atomic mass is 9.93. The highest BCUT2D eigenvalue weighted by atomic mass is 32.2. The summed E-state index contributed by atoms with van der Waals surface area (Å²) in [7, 11) is -4.89. The summed E-state index contributed by atoms with van der Waals surface area (Å²) in [6, 6.07) is 13.9. The Bertz CT molecular complexity index is 1070. The molecule has 172 valence electrons. The van der Waals surface area contributed by atoms with Crippen LogP contribution in [0.2, 0.25) is 0 Å². The zero-order chi connectivity index (χ0) is 22.3. The second kappa shape index (κ2) is 8.85. The van der Waals surface area contributed by atoms with Crippen LogP contribution in [0.15, 0.2) is 47.4 Å². The number of hydrogen-bond donors (Lipinski definition) is 0. The second-order valence-electron chi connectivity index (χ2n) is 9.91. The smallest absolute Gasteiger partial charge is 0.124 e. The molecular formula is C27H34O3PS-. The van der Waals surface area contributed by atoms with Gasteiger partial charge in [0.15, 0.2) is 0 Å². The van der Waals surface area contributed by atoms with Crippen molar-refractivity contribution in [3.8, 4) is 11.1 Å². The van der Waals surface area contributed by atoms with Crippen LogP contribution in [0.4, 0.5) is 0 Å². The molecule has 0 saturated heterocycles. The third-order valence-corrected chi connectivity index (χ3v) is 13.4. The van der Waals surface area contributed by atoms with Gasteiger partial charge in [-0.2, -0.15) is 0 Å². The molecule has 0 aliphatic heterocycles. The zero-order valence-corrected chi connectivity index (χ0v) is 20.8. The molecule has 5 rings (SSSR count). The van der Waals surface area contributed by atoms with E-state index in [0.717, 1.165) is 28.9 Å². The Morgan fingerprint density at radius 2 is 1.41 bits per heavy atom. The second-order valence-corrected chi connectivity index (χ2v) is 14.3. The van der Waals surface area contributed by atoms with E-state index in [-0.39, 0.29) is 10.1 Å². The molecule has 3 aliphatic rings. The Balaban J connectivity index is 1.76. The highest BCUT2D eigenvalue weighted by Gasteiger charge is 2.52. The molecule has 3 aliphatic carbocycles. The van der Waals surface area contributed by atoms with Crippen LogP contribution in [0.25, 0.3) is 11.1 Å². The highest BCUT2D eigenvalue weighted by Crippen LogP contribution is 2.74. The van der Waals surface area contributed by atoms with E-state index < -0.39 is 18.0 Å². The first-order chi connectivity index (χ1) is 15.5. The number of fused-ring (bicyclic) bond motifs is 3. The maximum atomic E-state index is 12.0. The Labute approximate surface area is 194 Å². The normalized spacial score (nSPS) is 24.5. The van der Waals surface area contributed by atoms with Gasteiger partial charge in [-0.05, 0) is 77.8 Å². The monoisotopic (exact) mass is 469 g/mol. The summed E-state index contributed by atoms with van der Waals surface area (Å²) >= 11 is 0. The van der Waals surface area contributed by atoms with Crippen molar-refractivity contribution >= 4 is 18.0 Å². The van der Waals surface area contributed by atoms with Gasteiger partial charge in [-0.25, -0.2) is 8.42 Å². The van der Waals surface area contributed by atoms with Crippen molar-refractivity contribution in [3.05, 3.63) is 53.6 Å². The summed E-state index contributed by atoms with van der Waals surface area (Å²) < 4.78 is 36.1. The first-order valence-electron chi connectivity index (χ1n) is 12.5. The van der Waals surface area contributed by atoms with Crippen molar-refractivity contribution < 1.29 is 13.0 Å². The van der Waals surface area contributed by atoms with Gasteiger partial charge in [-0.3, -0.25) is 0 Å². The average Bonchev–Trinajstić information content (AvgIpc) is 3.10. The topological polar surface area (TPSA) is 57.2 Å². The van der Waals surface area contributed by atoms with E-state index >= 15 is 0 Å². The van der Waals surface area contributed by atoms with Crippen LogP contribution < -0.4 is 0 Å². The van der Waals surface area contributed by atoms with Crippen LogP contribution in [-0.2, 0) is 15.3 Å². The van der Waals surface area contributed by atoms with E-state index in [2.05, 4.69) is 31.2 Å². The lowest BCUT2D eigenvalue weighted by Crippen LogP contribution is -2.34. The van der Waals surface area contributed by atoms with Crippen molar-refractivity contribution in [2.45, 2.75) is 98.9 Å². The van der Waals surface area contributed by atoms with Crippen molar-refractivity contribution in [1.82, 2.24) is 0 Å². The Morgan fingerprint density at radius 3 is 1.97 bits per heavy atom.